The zero-order valence-corrected chi connectivity index (χ0v) is 18.9. The molecule has 0 atom stereocenters. The molecule has 0 N–H and O–H groups in total. The number of fused-ring (bicyclic) bond motifs is 1. The van der Waals surface area contributed by atoms with E-state index < -0.39 is 5.97 Å². The Morgan fingerprint density at radius 1 is 0.909 bits per heavy atom. The molecule has 3 aromatic rings. The van der Waals surface area contributed by atoms with E-state index in [0.29, 0.717) is 39.9 Å². The van der Waals surface area contributed by atoms with E-state index in [1.165, 1.54) is 21.3 Å². The van der Waals surface area contributed by atoms with Gasteiger partial charge in [0.15, 0.2) is 17.2 Å². The summed E-state index contributed by atoms with van der Waals surface area (Å²) >= 11 is 1.55. The number of thiophene rings is 1. The molecule has 33 heavy (non-hydrogen) atoms. The maximum Gasteiger partial charge on any atom is 0.364 e. The van der Waals surface area contributed by atoms with Gasteiger partial charge in [-0.05, 0) is 35.7 Å². The summed E-state index contributed by atoms with van der Waals surface area (Å²) in [4.78, 5) is 18.4. The zero-order valence-electron chi connectivity index (χ0n) is 18.1. The largest absolute Gasteiger partial charge is 0.493 e. The molecule has 166 valence electrons. The van der Waals surface area contributed by atoms with Gasteiger partial charge >= 0.3 is 5.97 Å². The minimum atomic E-state index is -0.549. The third-order valence-corrected chi connectivity index (χ3v) is 6.08. The molecule has 2 aliphatic heterocycles. The van der Waals surface area contributed by atoms with Gasteiger partial charge in [0.1, 0.15) is 11.5 Å². The molecule has 2 aliphatic rings. The lowest BCUT2D eigenvalue weighted by Gasteiger charge is -2.19. The molecule has 1 aromatic heterocycles. The molecular weight excluding hydrogens is 442 g/mol. The fourth-order valence-corrected chi connectivity index (χ4v) is 4.35. The van der Waals surface area contributed by atoms with Gasteiger partial charge in [-0.2, -0.15) is 0 Å². The lowest BCUT2D eigenvalue weighted by Crippen LogP contribution is -2.08. The molecule has 5 rings (SSSR count). The zero-order chi connectivity index (χ0) is 22.9. The van der Waals surface area contributed by atoms with Gasteiger partial charge < -0.3 is 23.7 Å². The molecule has 0 spiro atoms. The van der Waals surface area contributed by atoms with Gasteiger partial charge in [-0.1, -0.05) is 24.3 Å². The van der Waals surface area contributed by atoms with E-state index in [-0.39, 0.29) is 11.6 Å². The Morgan fingerprint density at radius 3 is 2.33 bits per heavy atom. The highest BCUT2D eigenvalue weighted by atomic mass is 32.1. The fraction of sp³-hybridized carbons (Fsp3) is 0.120. The summed E-state index contributed by atoms with van der Waals surface area (Å²) in [5.41, 5.74) is 2.12. The van der Waals surface area contributed by atoms with Crippen LogP contribution in [0, 0.1) is 0 Å². The van der Waals surface area contributed by atoms with Crippen molar-refractivity contribution in [2.24, 2.45) is 4.99 Å². The number of allylic oxidation sites excluding steroid dienone is 2. The third-order valence-electron chi connectivity index (χ3n) is 5.20. The first-order chi connectivity index (χ1) is 16.1. The van der Waals surface area contributed by atoms with E-state index in [9.17, 15) is 4.79 Å². The van der Waals surface area contributed by atoms with Crippen molar-refractivity contribution in [2.75, 3.05) is 21.3 Å². The van der Waals surface area contributed by atoms with E-state index in [1.54, 1.807) is 23.5 Å². The van der Waals surface area contributed by atoms with E-state index in [2.05, 4.69) is 4.99 Å². The van der Waals surface area contributed by atoms with E-state index >= 15 is 0 Å². The van der Waals surface area contributed by atoms with Crippen LogP contribution in [0.15, 0.2) is 70.7 Å². The molecule has 0 saturated heterocycles. The monoisotopic (exact) mass is 461 g/mol. The summed E-state index contributed by atoms with van der Waals surface area (Å²) in [6.45, 7) is 0. The van der Waals surface area contributed by atoms with Crippen LogP contribution in [0.25, 0.3) is 11.3 Å². The normalized spacial score (nSPS) is 16.9. The summed E-state index contributed by atoms with van der Waals surface area (Å²) in [7, 11) is 4.56. The van der Waals surface area contributed by atoms with Gasteiger partial charge in [-0.3, -0.25) is 0 Å². The second-order valence-electron chi connectivity index (χ2n) is 7.07. The van der Waals surface area contributed by atoms with Crippen LogP contribution in [0.2, 0.25) is 0 Å². The number of cyclic esters (lactones) is 1. The Balaban J connectivity index is 1.66. The molecule has 0 unspecified atom stereocenters. The van der Waals surface area contributed by atoms with Gasteiger partial charge in [0.25, 0.3) is 0 Å². The van der Waals surface area contributed by atoms with E-state index in [0.717, 1.165) is 10.4 Å². The summed E-state index contributed by atoms with van der Waals surface area (Å²) in [6, 6.07) is 14.8. The number of hydrogen-bond acceptors (Lipinski definition) is 8. The van der Waals surface area contributed by atoms with Crippen LogP contribution < -0.4 is 18.9 Å². The number of nitrogens with zero attached hydrogens (tertiary/aromatic N) is 1. The smallest absolute Gasteiger partial charge is 0.364 e. The lowest BCUT2D eigenvalue weighted by atomic mass is 9.99. The Bertz CT molecular complexity index is 1310. The second kappa shape index (κ2) is 8.48. The van der Waals surface area contributed by atoms with E-state index in [4.69, 9.17) is 23.7 Å². The number of benzene rings is 2. The molecule has 3 heterocycles. The Morgan fingerprint density at radius 2 is 1.67 bits per heavy atom. The number of ether oxygens (including phenoxy) is 5. The fourth-order valence-electron chi connectivity index (χ4n) is 3.68. The van der Waals surface area contributed by atoms with Crippen molar-refractivity contribution in [2.45, 2.75) is 0 Å². The van der Waals surface area contributed by atoms with Crippen LogP contribution in [0.3, 0.4) is 0 Å². The minimum absolute atomic E-state index is 0.150. The maximum absolute atomic E-state index is 12.9. The molecule has 0 saturated carbocycles. The first kappa shape index (κ1) is 20.8. The van der Waals surface area contributed by atoms with Crippen molar-refractivity contribution in [3.63, 3.8) is 0 Å². The van der Waals surface area contributed by atoms with Gasteiger partial charge in [0.2, 0.25) is 11.6 Å². The minimum Gasteiger partial charge on any atom is -0.493 e. The number of rotatable bonds is 5. The molecule has 8 heteroatoms. The first-order valence-corrected chi connectivity index (χ1v) is 10.9. The van der Waals surface area contributed by atoms with Crippen LogP contribution in [0.1, 0.15) is 16.0 Å². The number of carbonyl (C=O) groups excluding carboxylic acids is 1. The number of carbonyl (C=O) groups is 1. The molecule has 7 nitrogen and oxygen atoms in total. The summed E-state index contributed by atoms with van der Waals surface area (Å²) in [5.74, 6) is 2.20. The van der Waals surface area contributed by atoms with Crippen molar-refractivity contribution in [3.05, 3.63) is 81.7 Å². The highest BCUT2D eigenvalue weighted by Crippen LogP contribution is 2.42. The molecule has 0 aliphatic carbocycles. The van der Waals surface area contributed by atoms with Crippen molar-refractivity contribution < 1.29 is 28.5 Å². The van der Waals surface area contributed by atoms with E-state index in [1.807, 2.05) is 47.9 Å². The number of esters is 1. The quantitative estimate of drug-likeness (QED) is 0.397. The van der Waals surface area contributed by atoms with Crippen molar-refractivity contribution in [3.8, 4) is 23.0 Å². The Kier molecular flexibility index (Phi) is 5.35. The molecule has 0 radical (unpaired) electrons. The number of para-hydroxylation sites is 1. The summed E-state index contributed by atoms with van der Waals surface area (Å²) in [5, 5.41) is 1.97. The number of aliphatic imine (C=N–C) groups is 1. The Hall–Kier alpha value is -4.04. The summed E-state index contributed by atoms with van der Waals surface area (Å²) < 4.78 is 27.8. The van der Waals surface area contributed by atoms with Crippen molar-refractivity contribution in [1.29, 1.82) is 0 Å². The van der Waals surface area contributed by atoms with Crippen LogP contribution in [-0.4, -0.2) is 33.2 Å². The third kappa shape index (κ3) is 3.64. The molecule has 0 amide bonds. The molecule has 2 aromatic carbocycles. The number of hydrogen-bond donors (Lipinski definition) is 0. The molecular formula is C25H19NO6S. The maximum atomic E-state index is 12.9. The van der Waals surface area contributed by atoms with Gasteiger partial charge in [0.05, 0.1) is 26.2 Å². The highest BCUT2D eigenvalue weighted by molar-refractivity contribution is 7.11. The van der Waals surface area contributed by atoms with Gasteiger partial charge in [-0.15, -0.1) is 11.3 Å². The van der Waals surface area contributed by atoms with Crippen LogP contribution in [-0.2, 0) is 9.53 Å². The lowest BCUT2D eigenvalue weighted by molar-refractivity contribution is -0.129. The van der Waals surface area contributed by atoms with Crippen molar-refractivity contribution in [1.82, 2.24) is 0 Å². The average Bonchev–Trinajstić information content (AvgIpc) is 3.52. The SMILES string of the molecule is COc1cc(C2=NC(=C3C=C(c4cccs4)Oc4ccccc43)C(=O)O2)cc(OC)c1OC. The summed E-state index contributed by atoms with van der Waals surface area (Å²) in [6.07, 6.45) is 1.83. The molecule has 0 bridgehead atoms. The van der Waals surface area contributed by atoms with Crippen LogP contribution in [0.4, 0.5) is 0 Å². The second-order valence-corrected chi connectivity index (χ2v) is 8.01. The van der Waals surface area contributed by atoms with Gasteiger partial charge in [0, 0.05) is 16.7 Å². The van der Waals surface area contributed by atoms with Gasteiger partial charge in [-0.25, -0.2) is 9.79 Å². The highest BCUT2D eigenvalue weighted by Gasteiger charge is 2.31. The van der Waals surface area contributed by atoms with Crippen LogP contribution >= 0.6 is 11.3 Å². The average molecular weight is 461 g/mol. The predicted molar refractivity (Wildman–Crippen MR) is 125 cm³/mol. The first-order valence-electron chi connectivity index (χ1n) is 10.0. The standard InChI is InChI=1S/C25H19NO6S/c1-28-19-11-14(12-20(29-2)23(19)30-3)24-26-22(25(27)32-24)16-13-18(21-9-6-10-33-21)31-17-8-5-4-7-15(16)17/h4-13H,1-3H3. The number of methoxy groups -OCH3 is 3. The van der Waals surface area contributed by atoms with Crippen LogP contribution in [0.5, 0.6) is 23.0 Å². The molecule has 0 fully saturated rings. The predicted octanol–water partition coefficient (Wildman–Crippen LogP) is 4.92. The topological polar surface area (TPSA) is 75.6 Å². The van der Waals surface area contributed by atoms with Crippen molar-refractivity contribution >= 4 is 34.5 Å². The Labute approximate surface area is 194 Å².